The summed E-state index contributed by atoms with van der Waals surface area (Å²) in [7, 11) is 1.15. The van der Waals surface area contributed by atoms with Crippen LogP contribution in [0.25, 0.3) is 6.08 Å². The summed E-state index contributed by atoms with van der Waals surface area (Å²) >= 11 is 11.7. The summed E-state index contributed by atoms with van der Waals surface area (Å²) in [6, 6.07) is 4.80. The number of hydrogen-bond donors (Lipinski definition) is 0. The third-order valence-electron chi connectivity index (χ3n) is 2.06. The van der Waals surface area contributed by atoms with E-state index in [-0.39, 0.29) is 10.6 Å². The molecule has 0 saturated carbocycles. The van der Waals surface area contributed by atoms with Crippen LogP contribution in [0.4, 0.5) is 0 Å². The second-order valence-corrected chi connectivity index (χ2v) is 4.08. The highest BCUT2D eigenvalue weighted by Crippen LogP contribution is 2.27. The fraction of sp³-hybridized carbons (Fsp3) is 0.182. The predicted octanol–water partition coefficient (Wildman–Crippen LogP) is 2.83. The average molecular weight is 290 g/mol. The van der Waals surface area contributed by atoms with E-state index < -0.39 is 17.4 Å². The van der Waals surface area contributed by atoms with Crippen LogP contribution in [0.2, 0.25) is 10.0 Å². The quantitative estimate of drug-likeness (QED) is 0.370. The molecule has 0 saturated heterocycles. The van der Waals surface area contributed by atoms with Crippen LogP contribution in [-0.2, 0) is 9.53 Å². The van der Waals surface area contributed by atoms with Gasteiger partial charge < -0.3 is 4.74 Å². The largest absolute Gasteiger partial charge is 0.465 e. The minimum Gasteiger partial charge on any atom is -0.465 e. The zero-order chi connectivity index (χ0) is 13.7. The number of ether oxygens (including phenoxy) is 1. The van der Waals surface area contributed by atoms with E-state index in [1.165, 1.54) is 6.08 Å². The number of nitro groups is 1. The van der Waals surface area contributed by atoms with Gasteiger partial charge >= 0.3 is 5.97 Å². The Morgan fingerprint density at radius 1 is 1.50 bits per heavy atom. The van der Waals surface area contributed by atoms with Crippen molar-refractivity contribution in [2.24, 2.45) is 0 Å². The summed E-state index contributed by atoms with van der Waals surface area (Å²) in [5.74, 6) is -0.775. The first-order chi connectivity index (χ1) is 8.45. The van der Waals surface area contributed by atoms with Crippen molar-refractivity contribution in [3.63, 3.8) is 0 Å². The van der Waals surface area contributed by atoms with Gasteiger partial charge in [-0.2, -0.15) is 0 Å². The van der Waals surface area contributed by atoms with Crippen LogP contribution >= 0.6 is 23.2 Å². The highest BCUT2D eigenvalue weighted by molar-refractivity contribution is 6.42. The van der Waals surface area contributed by atoms with Crippen LogP contribution in [0.1, 0.15) is 5.56 Å². The maximum atomic E-state index is 11.4. The Kier molecular flexibility index (Phi) is 5.12. The van der Waals surface area contributed by atoms with Crippen molar-refractivity contribution in [2.75, 3.05) is 13.7 Å². The number of carbonyl (C=O) groups is 1. The molecule has 7 heteroatoms. The highest BCUT2D eigenvalue weighted by atomic mass is 35.5. The molecule has 0 amide bonds. The molecule has 96 valence electrons. The second-order valence-electron chi connectivity index (χ2n) is 3.30. The van der Waals surface area contributed by atoms with Crippen molar-refractivity contribution in [3.8, 4) is 0 Å². The molecule has 0 aliphatic heterocycles. The zero-order valence-electron chi connectivity index (χ0n) is 9.35. The Bertz CT molecular complexity index is 514. The van der Waals surface area contributed by atoms with Gasteiger partial charge in [-0.3, -0.25) is 10.1 Å². The summed E-state index contributed by atoms with van der Waals surface area (Å²) in [4.78, 5) is 21.2. The molecule has 0 N–H and O–H groups in total. The van der Waals surface area contributed by atoms with Crippen LogP contribution in [0.15, 0.2) is 23.8 Å². The van der Waals surface area contributed by atoms with Gasteiger partial charge in [-0.1, -0.05) is 35.3 Å². The summed E-state index contributed by atoms with van der Waals surface area (Å²) in [5.41, 5.74) is 0.318. The molecule has 1 aromatic carbocycles. The lowest BCUT2D eigenvalue weighted by Crippen LogP contribution is -2.14. The number of methoxy groups -OCH3 is 1. The number of benzene rings is 1. The van der Waals surface area contributed by atoms with E-state index in [2.05, 4.69) is 4.74 Å². The molecule has 0 bridgehead atoms. The SMILES string of the molecule is COC(=O)/C(=C/c1cccc(Cl)c1Cl)C[N+](=O)[O-]. The molecule has 0 unspecified atom stereocenters. The molecular weight excluding hydrogens is 281 g/mol. The molecule has 0 radical (unpaired) electrons. The number of rotatable bonds is 4. The van der Waals surface area contributed by atoms with Gasteiger partial charge in [0.05, 0.1) is 17.2 Å². The zero-order valence-corrected chi connectivity index (χ0v) is 10.9. The van der Waals surface area contributed by atoms with E-state index in [4.69, 9.17) is 23.2 Å². The Labute approximate surface area is 113 Å². The van der Waals surface area contributed by atoms with Gasteiger partial charge in [0.25, 0.3) is 0 Å². The first-order valence-corrected chi connectivity index (χ1v) is 5.56. The Morgan fingerprint density at radius 3 is 2.72 bits per heavy atom. The Hall–Kier alpha value is -1.59. The lowest BCUT2D eigenvalue weighted by Gasteiger charge is -2.03. The van der Waals surface area contributed by atoms with E-state index in [9.17, 15) is 14.9 Å². The molecule has 0 spiro atoms. The van der Waals surface area contributed by atoms with Crippen molar-refractivity contribution in [2.45, 2.75) is 0 Å². The van der Waals surface area contributed by atoms with Crippen molar-refractivity contribution < 1.29 is 14.5 Å². The summed E-state index contributed by atoms with van der Waals surface area (Å²) < 4.78 is 4.47. The van der Waals surface area contributed by atoms with E-state index in [1.807, 2.05) is 0 Å². The van der Waals surface area contributed by atoms with Crippen molar-refractivity contribution in [1.29, 1.82) is 0 Å². The summed E-state index contributed by atoms with van der Waals surface area (Å²) in [6.45, 7) is -0.643. The molecule has 0 aromatic heterocycles. The van der Waals surface area contributed by atoms with Gasteiger partial charge in [0, 0.05) is 4.92 Å². The number of halogens is 2. The smallest absolute Gasteiger partial charge is 0.340 e. The van der Waals surface area contributed by atoms with Gasteiger partial charge in [0.1, 0.15) is 5.57 Å². The monoisotopic (exact) mass is 289 g/mol. The maximum absolute atomic E-state index is 11.4. The molecule has 0 heterocycles. The van der Waals surface area contributed by atoms with Crippen LogP contribution < -0.4 is 0 Å². The fourth-order valence-corrected chi connectivity index (χ4v) is 1.62. The third-order valence-corrected chi connectivity index (χ3v) is 2.89. The molecular formula is C11H9Cl2NO4. The highest BCUT2D eigenvalue weighted by Gasteiger charge is 2.16. The first kappa shape index (κ1) is 14.5. The normalized spacial score (nSPS) is 11.2. The number of carbonyl (C=O) groups excluding carboxylic acids is 1. The lowest BCUT2D eigenvalue weighted by molar-refractivity contribution is -0.470. The molecule has 0 atom stereocenters. The predicted molar refractivity (Wildman–Crippen MR) is 68.3 cm³/mol. The van der Waals surface area contributed by atoms with Gasteiger partial charge in [0.2, 0.25) is 6.54 Å². The van der Waals surface area contributed by atoms with E-state index >= 15 is 0 Å². The standard InChI is InChI=1S/C11H9Cl2NO4/c1-18-11(15)8(6-14(16)17)5-7-3-2-4-9(12)10(7)13/h2-5H,6H2,1H3/b8-5+. The van der Waals surface area contributed by atoms with Crippen LogP contribution in [-0.4, -0.2) is 24.5 Å². The number of esters is 1. The minimum atomic E-state index is -0.775. The first-order valence-electron chi connectivity index (χ1n) is 4.80. The Balaban J connectivity index is 3.18. The fourth-order valence-electron chi connectivity index (χ4n) is 1.26. The van der Waals surface area contributed by atoms with Crippen LogP contribution in [0.5, 0.6) is 0 Å². The van der Waals surface area contributed by atoms with Gasteiger partial charge in [0.15, 0.2) is 0 Å². The second kappa shape index (κ2) is 6.37. The lowest BCUT2D eigenvalue weighted by atomic mass is 10.1. The van der Waals surface area contributed by atoms with E-state index in [0.717, 1.165) is 7.11 Å². The van der Waals surface area contributed by atoms with Crippen molar-refractivity contribution >= 4 is 35.2 Å². The van der Waals surface area contributed by atoms with E-state index in [0.29, 0.717) is 10.6 Å². The average Bonchev–Trinajstić information content (AvgIpc) is 2.32. The topological polar surface area (TPSA) is 69.4 Å². The Morgan fingerprint density at radius 2 is 2.17 bits per heavy atom. The summed E-state index contributed by atoms with van der Waals surface area (Å²) in [6.07, 6.45) is 1.29. The molecule has 18 heavy (non-hydrogen) atoms. The molecule has 0 aliphatic rings. The minimum absolute atomic E-state index is 0.105. The summed E-state index contributed by atoms with van der Waals surface area (Å²) in [5, 5.41) is 11.0. The molecule has 0 aliphatic carbocycles. The van der Waals surface area contributed by atoms with Gasteiger partial charge in [-0.05, 0) is 17.7 Å². The maximum Gasteiger partial charge on any atom is 0.340 e. The molecule has 1 rings (SSSR count). The van der Waals surface area contributed by atoms with Gasteiger partial charge in [-0.25, -0.2) is 4.79 Å². The van der Waals surface area contributed by atoms with Gasteiger partial charge in [-0.15, -0.1) is 0 Å². The van der Waals surface area contributed by atoms with Crippen molar-refractivity contribution in [3.05, 3.63) is 49.5 Å². The van der Waals surface area contributed by atoms with Crippen LogP contribution in [0.3, 0.4) is 0 Å². The third kappa shape index (κ3) is 3.72. The molecule has 0 fully saturated rings. The molecule has 5 nitrogen and oxygen atoms in total. The van der Waals surface area contributed by atoms with Crippen LogP contribution in [0, 0.1) is 10.1 Å². The molecule has 1 aromatic rings. The number of nitrogens with zero attached hydrogens (tertiary/aromatic N) is 1. The van der Waals surface area contributed by atoms with E-state index in [1.54, 1.807) is 18.2 Å². The number of hydrogen-bond acceptors (Lipinski definition) is 4. The van der Waals surface area contributed by atoms with Crippen molar-refractivity contribution in [1.82, 2.24) is 0 Å².